The van der Waals surface area contributed by atoms with Gasteiger partial charge in [-0.25, -0.2) is 13.2 Å². The van der Waals surface area contributed by atoms with Crippen LogP contribution in [0, 0.1) is 0 Å². The smallest absolute Gasteiger partial charge is 0.724 e. The molecular weight excluding hydrogens is 318 g/mol. The molecule has 2 aliphatic heterocycles. The molecule has 0 aromatic rings. The van der Waals surface area contributed by atoms with Gasteiger partial charge in [0.15, 0.2) is 0 Å². The Morgan fingerprint density at radius 2 is 2.00 bits per heavy atom. The second kappa shape index (κ2) is 6.01. The third-order valence-corrected chi connectivity index (χ3v) is 3.76. The van der Waals surface area contributed by atoms with E-state index in [0.717, 1.165) is 0 Å². The average Bonchev–Trinajstić information content (AvgIpc) is 2.42. The van der Waals surface area contributed by atoms with E-state index in [0.29, 0.717) is 17.9 Å². The molecular formula is C7H9Cl2N2NaO5S. The van der Waals surface area contributed by atoms with E-state index in [1.165, 1.54) is 4.90 Å². The van der Waals surface area contributed by atoms with Crippen molar-refractivity contribution in [3.05, 3.63) is 0 Å². The number of amides is 2. The maximum atomic E-state index is 11.8. The van der Waals surface area contributed by atoms with Crippen LogP contribution in [0.5, 0.6) is 0 Å². The molecule has 98 valence electrons. The van der Waals surface area contributed by atoms with Crippen molar-refractivity contribution in [3.8, 4) is 0 Å². The second-order valence-electron chi connectivity index (χ2n) is 3.88. The van der Waals surface area contributed by atoms with Crippen molar-refractivity contribution in [2.75, 3.05) is 6.54 Å². The third kappa shape index (κ3) is 3.43. The van der Waals surface area contributed by atoms with Crippen molar-refractivity contribution >= 4 is 39.6 Å². The minimum Gasteiger partial charge on any atom is -0.724 e. The standard InChI is InChI=1S/C7H10Cl2N2O5S.Na/c8-6(9)5-2-1-4-3-10(5)7(12)11(4)16-17(13,14)15;/h4-6H,1-3H2,(H,13,14,15);/q;+1/p-1/t4-,5-;/m0./s1. The number of nitrogens with zero attached hydrogens (tertiary/aromatic N) is 2. The fourth-order valence-corrected chi connectivity index (χ4v) is 3.03. The molecule has 0 aliphatic carbocycles. The van der Waals surface area contributed by atoms with E-state index >= 15 is 0 Å². The van der Waals surface area contributed by atoms with Crippen LogP contribution in [0.15, 0.2) is 0 Å². The zero-order chi connectivity index (χ0) is 12.8. The van der Waals surface area contributed by atoms with Crippen LogP contribution in [-0.4, -0.2) is 52.4 Å². The number of hydrogen-bond acceptors (Lipinski definition) is 5. The van der Waals surface area contributed by atoms with Gasteiger partial charge in [-0.05, 0) is 12.8 Å². The molecule has 0 spiro atoms. The fraction of sp³-hybridized carbons (Fsp3) is 0.857. The molecule has 0 N–H and O–H groups in total. The molecule has 2 amide bonds. The van der Waals surface area contributed by atoms with Gasteiger partial charge in [0.25, 0.3) is 0 Å². The Bertz CT molecular complexity index is 434. The SMILES string of the molecule is O=C1N2C[C@H](CC[C@H]2C(Cl)Cl)N1OS(=O)(=O)[O-].[Na+]. The first-order valence-electron chi connectivity index (χ1n) is 4.83. The van der Waals surface area contributed by atoms with E-state index < -0.39 is 27.3 Å². The van der Waals surface area contributed by atoms with E-state index in [4.69, 9.17) is 23.2 Å². The predicted octanol–water partition coefficient (Wildman–Crippen LogP) is -2.55. The number of alkyl halides is 2. The fourth-order valence-electron chi connectivity index (χ4n) is 2.12. The van der Waals surface area contributed by atoms with E-state index in [9.17, 15) is 17.8 Å². The van der Waals surface area contributed by atoms with Crippen molar-refractivity contribution in [2.24, 2.45) is 0 Å². The summed E-state index contributed by atoms with van der Waals surface area (Å²) in [6.45, 7) is 0.259. The maximum Gasteiger partial charge on any atom is 1.00 e. The van der Waals surface area contributed by atoms with Crippen molar-refractivity contribution in [1.29, 1.82) is 0 Å². The van der Waals surface area contributed by atoms with Gasteiger partial charge in [0.05, 0.1) is 12.1 Å². The molecule has 2 bridgehead atoms. The van der Waals surface area contributed by atoms with Crippen molar-refractivity contribution in [1.82, 2.24) is 9.96 Å². The summed E-state index contributed by atoms with van der Waals surface area (Å²) < 4.78 is 35.6. The molecule has 2 heterocycles. The minimum atomic E-state index is -4.95. The number of carbonyl (C=O) groups is 1. The van der Waals surface area contributed by atoms with Crippen LogP contribution in [0.4, 0.5) is 4.79 Å². The van der Waals surface area contributed by atoms with E-state index in [1.54, 1.807) is 0 Å². The van der Waals surface area contributed by atoms with Crippen molar-refractivity contribution < 1.29 is 51.6 Å². The number of hydroxylamine groups is 2. The van der Waals surface area contributed by atoms with Crippen LogP contribution in [0.3, 0.4) is 0 Å². The van der Waals surface area contributed by atoms with Crippen LogP contribution in [-0.2, 0) is 14.7 Å². The number of halogens is 2. The number of hydrogen-bond donors (Lipinski definition) is 0. The Kier molecular flexibility index (Phi) is 5.60. The van der Waals surface area contributed by atoms with E-state index in [2.05, 4.69) is 4.28 Å². The quantitative estimate of drug-likeness (QED) is 0.246. The van der Waals surface area contributed by atoms with Crippen molar-refractivity contribution in [2.45, 2.75) is 29.8 Å². The molecule has 0 aromatic carbocycles. The van der Waals surface area contributed by atoms with Crippen LogP contribution in [0.25, 0.3) is 0 Å². The summed E-state index contributed by atoms with van der Waals surface area (Å²) in [5.74, 6) is 0. The summed E-state index contributed by atoms with van der Waals surface area (Å²) >= 11 is 11.5. The van der Waals surface area contributed by atoms with Gasteiger partial charge in [-0.2, -0.15) is 9.35 Å². The van der Waals surface area contributed by atoms with Crippen LogP contribution < -0.4 is 29.6 Å². The van der Waals surface area contributed by atoms with Crippen LogP contribution in [0.1, 0.15) is 12.8 Å². The average molecular weight is 327 g/mol. The van der Waals surface area contributed by atoms with Gasteiger partial charge in [0.2, 0.25) is 10.4 Å². The molecule has 7 nitrogen and oxygen atoms in total. The number of carbonyl (C=O) groups excluding carboxylic acids is 1. The summed E-state index contributed by atoms with van der Waals surface area (Å²) in [7, 11) is -4.95. The monoisotopic (exact) mass is 326 g/mol. The summed E-state index contributed by atoms with van der Waals surface area (Å²) in [5, 5.41) is 0.596. The summed E-state index contributed by atoms with van der Waals surface area (Å²) in [6, 6.07) is -1.53. The Morgan fingerprint density at radius 1 is 1.39 bits per heavy atom. The molecule has 2 atom stereocenters. The van der Waals surface area contributed by atoms with Crippen LogP contribution >= 0.6 is 23.2 Å². The molecule has 2 aliphatic rings. The van der Waals surface area contributed by atoms with Gasteiger partial charge in [0, 0.05) is 6.54 Å². The van der Waals surface area contributed by atoms with Crippen molar-refractivity contribution in [3.63, 3.8) is 0 Å². The van der Waals surface area contributed by atoms with Gasteiger partial charge in [-0.1, -0.05) is 0 Å². The van der Waals surface area contributed by atoms with Gasteiger partial charge < -0.3 is 9.45 Å². The summed E-state index contributed by atoms with van der Waals surface area (Å²) in [4.78, 5) is 12.3. The number of piperidine rings is 1. The Labute approximate surface area is 137 Å². The topological polar surface area (TPSA) is 90.0 Å². The Hall–Kier alpha value is 0.720. The maximum absolute atomic E-state index is 11.8. The molecule has 18 heavy (non-hydrogen) atoms. The van der Waals surface area contributed by atoms with Gasteiger partial charge in [-0.15, -0.1) is 23.2 Å². The first-order chi connectivity index (χ1) is 7.79. The first-order valence-corrected chi connectivity index (χ1v) is 7.03. The largest absolute Gasteiger partial charge is 1.00 e. The summed E-state index contributed by atoms with van der Waals surface area (Å²) in [6.07, 6.45) is 1.02. The zero-order valence-electron chi connectivity index (χ0n) is 9.45. The molecule has 2 fully saturated rings. The second-order valence-corrected chi connectivity index (χ2v) is 6.01. The Balaban J connectivity index is 0.00000162. The molecule has 0 radical (unpaired) electrons. The van der Waals surface area contributed by atoms with E-state index in [1.807, 2.05) is 0 Å². The molecule has 2 rings (SSSR count). The number of fused-ring (bicyclic) bond motifs is 2. The normalized spacial score (nSPS) is 27.7. The van der Waals surface area contributed by atoms with Crippen LogP contribution in [0.2, 0.25) is 0 Å². The third-order valence-electron chi connectivity index (χ3n) is 2.83. The summed E-state index contributed by atoms with van der Waals surface area (Å²) in [5.41, 5.74) is 0. The zero-order valence-corrected chi connectivity index (χ0v) is 13.8. The van der Waals surface area contributed by atoms with Gasteiger partial charge in [-0.3, -0.25) is 0 Å². The molecule has 0 aromatic heterocycles. The van der Waals surface area contributed by atoms with Gasteiger partial charge in [0.1, 0.15) is 4.84 Å². The Morgan fingerprint density at radius 3 is 2.50 bits per heavy atom. The number of rotatable bonds is 3. The minimum absolute atomic E-state index is 0. The molecule has 0 saturated carbocycles. The number of urea groups is 1. The van der Waals surface area contributed by atoms with E-state index in [-0.39, 0.29) is 42.1 Å². The first kappa shape index (κ1) is 16.8. The molecule has 11 heteroatoms. The molecule has 0 unspecified atom stereocenters. The molecule has 2 saturated heterocycles. The van der Waals surface area contributed by atoms with Gasteiger partial charge >= 0.3 is 35.6 Å². The predicted molar refractivity (Wildman–Crippen MR) is 57.0 cm³/mol.